The smallest absolute Gasteiger partial charge is 0.239 e. The van der Waals surface area contributed by atoms with Gasteiger partial charge in [0.25, 0.3) is 0 Å². The molecule has 0 bridgehead atoms. The van der Waals surface area contributed by atoms with Crippen LogP contribution in [-0.4, -0.2) is 15.7 Å². The van der Waals surface area contributed by atoms with Crippen LogP contribution in [0.2, 0.25) is 0 Å². The number of aromatic nitrogens is 2. The van der Waals surface area contributed by atoms with E-state index in [-0.39, 0.29) is 6.54 Å². The predicted molar refractivity (Wildman–Crippen MR) is 80.2 cm³/mol. The van der Waals surface area contributed by atoms with E-state index in [9.17, 15) is 4.79 Å². The van der Waals surface area contributed by atoms with E-state index in [4.69, 9.17) is 5.73 Å². The summed E-state index contributed by atoms with van der Waals surface area (Å²) < 4.78 is 1.55. The number of nitrogens with two attached hydrogens (primary N) is 1. The molecule has 0 unspecified atom stereocenters. The van der Waals surface area contributed by atoms with Gasteiger partial charge in [-0.15, -0.1) is 0 Å². The fraction of sp³-hybridized carbons (Fsp3) is 0.0667. The molecule has 0 spiro atoms. The maximum atomic E-state index is 10.9. The number of primary amides is 1. The van der Waals surface area contributed by atoms with Gasteiger partial charge >= 0.3 is 0 Å². The van der Waals surface area contributed by atoms with E-state index in [2.05, 4.69) is 34.1 Å². The Kier molecular flexibility index (Phi) is 3.35. The topological polar surface area (TPSA) is 60.9 Å². The minimum Gasteiger partial charge on any atom is -0.368 e. The highest BCUT2D eigenvalue weighted by Gasteiger charge is 2.06. The number of benzene rings is 1. The summed E-state index contributed by atoms with van der Waals surface area (Å²) in [5.74, 6) is -0.397. The molecule has 100 valence electrons. The molecule has 0 aliphatic rings. The van der Waals surface area contributed by atoms with Crippen LogP contribution in [0.4, 0.5) is 0 Å². The first-order chi connectivity index (χ1) is 9.72. The Morgan fingerprint density at radius 1 is 1.20 bits per heavy atom. The lowest BCUT2D eigenvalue weighted by Gasteiger charge is -2.02. The SMILES string of the molecule is NC(=O)Cn1ccc(-c2cccc(-c3ccsc3)c2)n1. The van der Waals surface area contributed by atoms with Crippen molar-refractivity contribution in [3.8, 4) is 22.4 Å². The first kappa shape index (κ1) is 12.6. The molecule has 20 heavy (non-hydrogen) atoms. The largest absolute Gasteiger partial charge is 0.368 e. The number of amides is 1. The maximum absolute atomic E-state index is 10.9. The summed E-state index contributed by atoms with van der Waals surface area (Å²) in [7, 11) is 0. The summed E-state index contributed by atoms with van der Waals surface area (Å²) in [5, 5.41) is 8.54. The van der Waals surface area contributed by atoms with Gasteiger partial charge in [0.15, 0.2) is 0 Å². The van der Waals surface area contributed by atoms with Crippen LogP contribution in [0.5, 0.6) is 0 Å². The highest BCUT2D eigenvalue weighted by atomic mass is 32.1. The molecule has 0 saturated heterocycles. The number of hydrogen-bond donors (Lipinski definition) is 1. The van der Waals surface area contributed by atoms with Crippen molar-refractivity contribution < 1.29 is 4.79 Å². The van der Waals surface area contributed by atoms with E-state index in [1.807, 2.05) is 18.2 Å². The summed E-state index contributed by atoms with van der Waals surface area (Å²) in [4.78, 5) is 10.9. The van der Waals surface area contributed by atoms with E-state index >= 15 is 0 Å². The molecule has 1 aromatic carbocycles. The Morgan fingerprint density at radius 2 is 2.05 bits per heavy atom. The van der Waals surface area contributed by atoms with Crippen LogP contribution in [0.3, 0.4) is 0 Å². The molecule has 0 fully saturated rings. The second kappa shape index (κ2) is 5.30. The molecule has 2 aromatic heterocycles. The van der Waals surface area contributed by atoms with E-state index in [1.54, 1.807) is 22.2 Å². The zero-order valence-electron chi connectivity index (χ0n) is 10.7. The fourth-order valence-electron chi connectivity index (χ4n) is 2.05. The van der Waals surface area contributed by atoms with Crippen molar-refractivity contribution in [2.75, 3.05) is 0 Å². The molecular weight excluding hydrogens is 270 g/mol. The molecule has 3 aromatic rings. The number of hydrogen-bond acceptors (Lipinski definition) is 3. The quantitative estimate of drug-likeness (QED) is 0.800. The van der Waals surface area contributed by atoms with Crippen LogP contribution in [0.25, 0.3) is 22.4 Å². The van der Waals surface area contributed by atoms with Crippen LogP contribution >= 0.6 is 11.3 Å². The summed E-state index contributed by atoms with van der Waals surface area (Å²) in [6, 6.07) is 12.2. The van der Waals surface area contributed by atoms with Gasteiger partial charge in [0.2, 0.25) is 5.91 Å². The molecule has 0 aliphatic heterocycles. The molecule has 0 atom stereocenters. The Balaban J connectivity index is 1.92. The van der Waals surface area contributed by atoms with Crippen molar-refractivity contribution in [1.29, 1.82) is 0 Å². The van der Waals surface area contributed by atoms with Gasteiger partial charge in [0, 0.05) is 11.8 Å². The van der Waals surface area contributed by atoms with Gasteiger partial charge < -0.3 is 5.73 Å². The van der Waals surface area contributed by atoms with E-state index in [1.165, 1.54) is 5.56 Å². The standard InChI is InChI=1S/C15H13N3OS/c16-15(19)9-18-6-4-14(17-18)12-3-1-2-11(8-12)13-5-7-20-10-13/h1-8,10H,9H2,(H2,16,19). The minimum absolute atomic E-state index is 0.101. The molecule has 0 saturated carbocycles. The van der Waals surface area contributed by atoms with Gasteiger partial charge in [-0.1, -0.05) is 18.2 Å². The fourth-order valence-corrected chi connectivity index (χ4v) is 2.72. The van der Waals surface area contributed by atoms with Crippen molar-refractivity contribution in [2.45, 2.75) is 6.54 Å². The highest BCUT2D eigenvalue weighted by Crippen LogP contribution is 2.26. The van der Waals surface area contributed by atoms with E-state index in [0.29, 0.717) is 0 Å². The molecule has 0 aliphatic carbocycles. The van der Waals surface area contributed by atoms with Gasteiger partial charge in [-0.25, -0.2) is 0 Å². The van der Waals surface area contributed by atoms with Crippen LogP contribution < -0.4 is 5.73 Å². The summed E-state index contributed by atoms with van der Waals surface area (Å²) in [6.07, 6.45) is 1.76. The van der Waals surface area contributed by atoms with Crippen molar-refractivity contribution in [3.05, 3.63) is 53.4 Å². The Labute approximate surface area is 120 Å². The van der Waals surface area contributed by atoms with E-state index < -0.39 is 5.91 Å². The summed E-state index contributed by atoms with van der Waals surface area (Å²) in [5.41, 5.74) is 9.39. The van der Waals surface area contributed by atoms with Crippen LogP contribution in [0.15, 0.2) is 53.4 Å². The maximum Gasteiger partial charge on any atom is 0.239 e. The Bertz CT molecular complexity index is 731. The monoisotopic (exact) mass is 283 g/mol. The zero-order valence-corrected chi connectivity index (χ0v) is 11.5. The third-order valence-corrected chi connectivity index (χ3v) is 3.65. The lowest BCUT2D eigenvalue weighted by Crippen LogP contribution is -2.18. The van der Waals surface area contributed by atoms with Crippen LogP contribution in [0, 0.1) is 0 Å². The van der Waals surface area contributed by atoms with Gasteiger partial charge in [-0.05, 0) is 40.1 Å². The number of rotatable bonds is 4. The average Bonchev–Trinajstić information content (AvgIpc) is 3.09. The van der Waals surface area contributed by atoms with Gasteiger partial charge in [0.1, 0.15) is 6.54 Å². The molecular formula is C15H13N3OS. The highest BCUT2D eigenvalue weighted by molar-refractivity contribution is 7.08. The average molecular weight is 283 g/mol. The summed E-state index contributed by atoms with van der Waals surface area (Å²) in [6.45, 7) is 0.101. The van der Waals surface area contributed by atoms with Gasteiger partial charge in [0.05, 0.1) is 5.69 Å². The summed E-state index contributed by atoms with van der Waals surface area (Å²) >= 11 is 1.68. The zero-order chi connectivity index (χ0) is 13.9. The second-order valence-corrected chi connectivity index (χ2v) is 5.24. The molecule has 2 heterocycles. The first-order valence-corrected chi connectivity index (χ1v) is 7.11. The number of thiophene rings is 1. The third-order valence-electron chi connectivity index (χ3n) is 2.97. The number of carbonyl (C=O) groups is 1. The van der Waals surface area contributed by atoms with Crippen LogP contribution in [0.1, 0.15) is 0 Å². The lowest BCUT2D eigenvalue weighted by atomic mass is 10.0. The molecule has 1 amide bonds. The minimum atomic E-state index is -0.397. The van der Waals surface area contributed by atoms with Crippen molar-refractivity contribution in [3.63, 3.8) is 0 Å². The first-order valence-electron chi connectivity index (χ1n) is 6.17. The number of carbonyl (C=O) groups excluding carboxylic acids is 1. The number of nitrogens with zero attached hydrogens (tertiary/aromatic N) is 2. The Morgan fingerprint density at radius 3 is 2.80 bits per heavy atom. The molecule has 3 rings (SSSR count). The molecule has 2 N–H and O–H groups in total. The Hall–Kier alpha value is -2.40. The molecule has 0 radical (unpaired) electrons. The van der Waals surface area contributed by atoms with Crippen molar-refractivity contribution in [1.82, 2.24) is 9.78 Å². The lowest BCUT2D eigenvalue weighted by molar-refractivity contribution is -0.118. The van der Waals surface area contributed by atoms with Crippen LogP contribution in [-0.2, 0) is 11.3 Å². The van der Waals surface area contributed by atoms with Gasteiger partial charge in [-0.3, -0.25) is 9.48 Å². The predicted octanol–water partition coefficient (Wildman–Crippen LogP) is 2.76. The molecule has 4 nitrogen and oxygen atoms in total. The second-order valence-electron chi connectivity index (χ2n) is 4.46. The third kappa shape index (κ3) is 2.62. The normalized spacial score (nSPS) is 10.6. The molecule has 5 heteroatoms. The van der Waals surface area contributed by atoms with E-state index in [0.717, 1.165) is 16.8 Å². The van der Waals surface area contributed by atoms with Crippen molar-refractivity contribution in [2.24, 2.45) is 5.73 Å². The van der Waals surface area contributed by atoms with Crippen molar-refractivity contribution >= 4 is 17.2 Å². The van der Waals surface area contributed by atoms with Gasteiger partial charge in [-0.2, -0.15) is 16.4 Å².